The summed E-state index contributed by atoms with van der Waals surface area (Å²) in [5.74, 6) is 0. The SMILES string of the molecule is CC(C)(C)OC(=O)N1CCCC[C@@H]1COc1nc2ccccc2n1Cc1c(Cl)cccc1Cl. The highest BCUT2D eigenvalue weighted by Gasteiger charge is 2.31. The summed E-state index contributed by atoms with van der Waals surface area (Å²) in [5, 5.41) is 1.18. The van der Waals surface area contributed by atoms with Crippen molar-refractivity contribution in [1.82, 2.24) is 14.5 Å². The first kappa shape index (κ1) is 23.7. The van der Waals surface area contributed by atoms with Crippen molar-refractivity contribution in [1.29, 1.82) is 0 Å². The number of halogens is 2. The van der Waals surface area contributed by atoms with Crippen LogP contribution in [0.1, 0.15) is 45.6 Å². The largest absolute Gasteiger partial charge is 0.462 e. The molecule has 1 aromatic heterocycles. The summed E-state index contributed by atoms with van der Waals surface area (Å²) in [5.41, 5.74) is 2.02. The van der Waals surface area contributed by atoms with Crippen molar-refractivity contribution in [3.8, 4) is 6.01 Å². The normalized spacial score (nSPS) is 16.8. The van der Waals surface area contributed by atoms with Gasteiger partial charge in [-0.25, -0.2) is 4.79 Å². The summed E-state index contributed by atoms with van der Waals surface area (Å²) in [6.07, 6.45) is 2.56. The Kier molecular flexibility index (Phi) is 7.05. The smallest absolute Gasteiger partial charge is 0.410 e. The molecule has 4 rings (SSSR count). The minimum absolute atomic E-state index is 0.0780. The number of carbonyl (C=O) groups excluding carboxylic acids is 1. The van der Waals surface area contributed by atoms with E-state index in [2.05, 4.69) is 0 Å². The predicted octanol–water partition coefficient (Wildman–Crippen LogP) is 6.56. The molecule has 0 bridgehead atoms. The predicted molar refractivity (Wildman–Crippen MR) is 131 cm³/mol. The number of fused-ring (bicyclic) bond motifs is 1. The van der Waals surface area contributed by atoms with Gasteiger partial charge in [-0.05, 0) is 64.3 Å². The molecule has 176 valence electrons. The molecule has 1 fully saturated rings. The van der Waals surface area contributed by atoms with Gasteiger partial charge in [0.2, 0.25) is 0 Å². The molecule has 0 saturated carbocycles. The van der Waals surface area contributed by atoms with Gasteiger partial charge in [0.25, 0.3) is 6.01 Å². The molecular weight excluding hydrogens is 461 g/mol. The van der Waals surface area contributed by atoms with Gasteiger partial charge in [0.15, 0.2) is 0 Å². The molecule has 6 nitrogen and oxygen atoms in total. The van der Waals surface area contributed by atoms with E-state index >= 15 is 0 Å². The van der Waals surface area contributed by atoms with E-state index in [9.17, 15) is 4.79 Å². The lowest BCUT2D eigenvalue weighted by molar-refractivity contribution is 0.00290. The first-order chi connectivity index (χ1) is 15.7. The van der Waals surface area contributed by atoms with Gasteiger partial charge in [0.05, 0.1) is 23.6 Å². The Morgan fingerprint density at radius 3 is 2.55 bits per heavy atom. The highest BCUT2D eigenvalue weighted by molar-refractivity contribution is 6.36. The fraction of sp³-hybridized carbons (Fsp3) is 0.440. The second kappa shape index (κ2) is 9.82. The number of aromatic nitrogens is 2. The second-order valence-electron chi connectivity index (χ2n) is 9.30. The Hall–Kier alpha value is -2.44. The Labute approximate surface area is 204 Å². The Morgan fingerprint density at radius 2 is 1.82 bits per heavy atom. The second-order valence-corrected chi connectivity index (χ2v) is 10.1. The van der Waals surface area contributed by atoms with Crippen LogP contribution in [0.3, 0.4) is 0 Å². The van der Waals surface area contributed by atoms with Gasteiger partial charge < -0.3 is 14.4 Å². The third kappa shape index (κ3) is 5.56. The van der Waals surface area contributed by atoms with Crippen molar-refractivity contribution in [2.24, 2.45) is 0 Å². The number of hydrogen-bond donors (Lipinski definition) is 0. The zero-order valence-electron chi connectivity index (χ0n) is 19.2. The molecule has 1 amide bonds. The molecule has 8 heteroatoms. The summed E-state index contributed by atoms with van der Waals surface area (Å²) in [6, 6.07) is 13.7. The molecule has 33 heavy (non-hydrogen) atoms. The number of benzene rings is 2. The van der Waals surface area contributed by atoms with E-state index in [1.54, 1.807) is 4.90 Å². The van der Waals surface area contributed by atoms with Crippen LogP contribution in [0.4, 0.5) is 4.79 Å². The van der Waals surface area contributed by atoms with E-state index in [0.29, 0.717) is 35.8 Å². The van der Waals surface area contributed by atoms with Gasteiger partial charge >= 0.3 is 6.09 Å². The molecule has 2 heterocycles. The maximum atomic E-state index is 12.8. The Balaban J connectivity index is 1.58. The lowest BCUT2D eigenvalue weighted by Crippen LogP contribution is -2.48. The van der Waals surface area contributed by atoms with Gasteiger partial charge in [0, 0.05) is 22.2 Å². The first-order valence-electron chi connectivity index (χ1n) is 11.2. The number of carbonyl (C=O) groups is 1. The van der Waals surface area contributed by atoms with Crippen molar-refractivity contribution in [3.63, 3.8) is 0 Å². The lowest BCUT2D eigenvalue weighted by atomic mass is 10.0. The molecule has 1 atom stereocenters. The number of nitrogens with zero attached hydrogens (tertiary/aromatic N) is 3. The van der Waals surface area contributed by atoms with Crippen molar-refractivity contribution in [2.45, 2.75) is 58.2 Å². The summed E-state index contributed by atoms with van der Waals surface area (Å²) in [6.45, 7) is 7.05. The number of para-hydroxylation sites is 2. The summed E-state index contributed by atoms with van der Waals surface area (Å²) >= 11 is 12.9. The van der Waals surface area contributed by atoms with Crippen LogP contribution in [0.5, 0.6) is 6.01 Å². The zero-order valence-corrected chi connectivity index (χ0v) is 20.7. The molecule has 1 saturated heterocycles. The average Bonchev–Trinajstić information content (AvgIpc) is 3.11. The van der Waals surface area contributed by atoms with Crippen LogP contribution in [-0.2, 0) is 11.3 Å². The molecule has 0 radical (unpaired) electrons. The number of ether oxygens (including phenoxy) is 2. The Morgan fingerprint density at radius 1 is 1.09 bits per heavy atom. The van der Waals surface area contributed by atoms with E-state index in [-0.39, 0.29) is 12.1 Å². The summed E-state index contributed by atoms with van der Waals surface area (Å²) in [4.78, 5) is 19.2. The number of likely N-dealkylation sites (tertiary alicyclic amines) is 1. The van der Waals surface area contributed by atoms with E-state index in [1.165, 1.54) is 0 Å². The third-order valence-corrected chi connectivity index (χ3v) is 6.37. The van der Waals surface area contributed by atoms with Crippen LogP contribution in [-0.4, -0.2) is 45.3 Å². The van der Waals surface area contributed by atoms with Crippen molar-refractivity contribution >= 4 is 40.3 Å². The quantitative estimate of drug-likeness (QED) is 0.407. The molecule has 1 aliphatic heterocycles. The first-order valence-corrected chi connectivity index (χ1v) is 12.0. The van der Waals surface area contributed by atoms with Gasteiger partial charge in [-0.3, -0.25) is 4.57 Å². The van der Waals surface area contributed by atoms with Crippen molar-refractivity contribution in [3.05, 3.63) is 58.1 Å². The molecule has 1 aliphatic rings. The highest BCUT2D eigenvalue weighted by Crippen LogP contribution is 2.30. The van der Waals surface area contributed by atoms with Gasteiger partial charge in [-0.1, -0.05) is 41.4 Å². The van der Waals surface area contributed by atoms with E-state index < -0.39 is 5.60 Å². The third-order valence-electron chi connectivity index (χ3n) is 5.66. The van der Waals surface area contributed by atoms with Crippen LogP contribution in [0, 0.1) is 0 Å². The monoisotopic (exact) mass is 489 g/mol. The zero-order chi connectivity index (χ0) is 23.6. The average molecular weight is 490 g/mol. The Bertz CT molecular complexity index is 1120. The number of imidazole rings is 1. The topological polar surface area (TPSA) is 56.6 Å². The molecule has 0 N–H and O–H groups in total. The molecule has 3 aromatic rings. The lowest BCUT2D eigenvalue weighted by Gasteiger charge is -2.36. The standard InChI is InChI=1S/C25H29Cl2N3O3/c1-25(2,3)33-24(31)29-14-7-6-9-17(29)16-32-23-28-21-12-4-5-13-22(21)30(23)15-18-19(26)10-8-11-20(18)27/h4-5,8,10-13,17H,6-7,9,14-16H2,1-3H3/t17-/m1/s1. The van der Waals surface area contributed by atoms with Crippen molar-refractivity contribution < 1.29 is 14.3 Å². The van der Waals surface area contributed by atoms with Crippen LogP contribution in [0.25, 0.3) is 11.0 Å². The fourth-order valence-corrected chi connectivity index (χ4v) is 4.58. The van der Waals surface area contributed by atoms with Crippen LogP contribution in [0.15, 0.2) is 42.5 Å². The molecule has 0 unspecified atom stereocenters. The maximum absolute atomic E-state index is 12.8. The van der Waals surface area contributed by atoms with Gasteiger partial charge in [-0.2, -0.15) is 4.98 Å². The van der Waals surface area contributed by atoms with Crippen LogP contribution >= 0.6 is 23.2 Å². The highest BCUT2D eigenvalue weighted by atomic mass is 35.5. The minimum atomic E-state index is -0.540. The molecular formula is C25H29Cl2N3O3. The number of rotatable bonds is 5. The maximum Gasteiger partial charge on any atom is 0.410 e. The minimum Gasteiger partial charge on any atom is -0.462 e. The van der Waals surface area contributed by atoms with E-state index in [1.807, 2.05) is 67.8 Å². The number of piperidine rings is 1. The molecule has 2 aromatic carbocycles. The molecule has 0 spiro atoms. The summed E-state index contributed by atoms with van der Waals surface area (Å²) < 4.78 is 13.8. The van der Waals surface area contributed by atoms with E-state index in [4.69, 9.17) is 37.7 Å². The van der Waals surface area contributed by atoms with Gasteiger partial charge in [0.1, 0.15) is 12.2 Å². The number of hydrogen-bond acceptors (Lipinski definition) is 4. The van der Waals surface area contributed by atoms with Crippen molar-refractivity contribution in [2.75, 3.05) is 13.2 Å². The number of amides is 1. The fourth-order valence-electron chi connectivity index (χ4n) is 4.06. The van der Waals surface area contributed by atoms with E-state index in [0.717, 1.165) is 35.9 Å². The van der Waals surface area contributed by atoms with Gasteiger partial charge in [-0.15, -0.1) is 0 Å². The van der Waals surface area contributed by atoms with Crippen LogP contribution in [0.2, 0.25) is 10.0 Å². The molecule has 0 aliphatic carbocycles. The summed E-state index contributed by atoms with van der Waals surface area (Å²) in [7, 11) is 0. The van der Waals surface area contributed by atoms with Crippen LogP contribution < -0.4 is 4.74 Å².